The predicted molar refractivity (Wildman–Crippen MR) is 64.9 cm³/mol. The van der Waals surface area contributed by atoms with Crippen LogP contribution >= 0.6 is 16.9 Å². The zero-order chi connectivity index (χ0) is 10.2. The summed E-state index contributed by atoms with van der Waals surface area (Å²) >= 11 is 0. The average molecular weight is 280 g/mol. The van der Waals surface area contributed by atoms with Crippen molar-refractivity contribution < 1.29 is 26.9 Å². The smallest absolute Gasteiger partial charge is 0.341 e. The Balaban J connectivity index is 0.000000245. The summed E-state index contributed by atoms with van der Waals surface area (Å²) in [7, 11) is 0.730. The average Bonchev–Trinajstić information content (AvgIpc) is 2.92. The fourth-order valence-corrected chi connectivity index (χ4v) is 1.47. The van der Waals surface area contributed by atoms with Gasteiger partial charge in [0.2, 0.25) is 0 Å². The maximum absolute atomic E-state index is 8.40. The molecular formula is C10H10FeO2P2+2. The SMILES string of the molecule is OP=C1C=CC=C1.OP=C1C=CC=C1.[Fe+2]. The summed E-state index contributed by atoms with van der Waals surface area (Å²) in [5, 5.41) is 1.92. The van der Waals surface area contributed by atoms with Gasteiger partial charge in [-0.15, -0.1) is 0 Å². The van der Waals surface area contributed by atoms with Crippen LogP contribution in [0.25, 0.3) is 0 Å². The molecule has 0 amide bonds. The molecule has 0 saturated heterocycles. The van der Waals surface area contributed by atoms with E-state index in [1.165, 1.54) is 0 Å². The number of hydrogen-bond donors (Lipinski definition) is 2. The van der Waals surface area contributed by atoms with Crippen LogP contribution in [0.3, 0.4) is 0 Å². The summed E-state index contributed by atoms with van der Waals surface area (Å²) in [6.45, 7) is 0. The molecule has 0 spiro atoms. The van der Waals surface area contributed by atoms with Gasteiger partial charge in [-0.3, -0.25) is 0 Å². The molecule has 0 fully saturated rings. The second kappa shape index (κ2) is 9.00. The molecule has 2 N–H and O–H groups in total. The van der Waals surface area contributed by atoms with Crippen molar-refractivity contribution in [2.75, 3.05) is 0 Å². The van der Waals surface area contributed by atoms with Crippen LogP contribution in [0.2, 0.25) is 0 Å². The minimum absolute atomic E-state index is 0. The molecule has 0 unspecified atom stereocenters. The van der Waals surface area contributed by atoms with Crippen molar-refractivity contribution in [3.05, 3.63) is 48.6 Å². The van der Waals surface area contributed by atoms with Crippen molar-refractivity contribution in [2.45, 2.75) is 0 Å². The van der Waals surface area contributed by atoms with Crippen LogP contribution in [0, 0.1) is 0 Å². The Morgan fingerprint density at radius 3 is 1.07 bits per heavy atom. The van der Waals surface area contributed by atoms with E-state index >= 15 is 0 Å². The molecule has 0 aromatic rings. The fraction of sp³-hybridized carbons (Fsp3) is 0. The van der Waals surface area contributed by atoms with Gasteiger partial charge in [0, 0.05) is 10.6 Å². The second-order valence-electron chi connectivity index (χ2n) is 2.49. The second-order valence-corrected chi connectivity index (χ2v) is 3.92. The van der Waals surface area contributed by atoms with Crippen molar-refractivity contribution >= 4 is 27.4 Å². The van der Waals surface area contributed by atoms with Gasteiger partial charge in [-0.1, -0.05) is 24.3 Å². The van der Waals surface area contributed by atoms with Crippen molar-refractivity contribution in [2.24, 2.45) is 0 Å². The van der Waals surface area contributed by atoms with Crippen LogP contribution in [0.5, 0.6) is 0 Å². The normalized spacial score (nSPS) is 15.9. The Morgan fingerprint density at radius 1 is 0.667 bits per heavy atom. The van der Waals surface area contributed by atoms with Crippen LogP contribution < -0.4 is 0 Å². The molecule has 0 aliphatic heterocycles. The molecule has 78 valence electrons. The maximum Gasteiger partial charge on any atom is 2.00 e. The van der Waals surface area contributed by atoms with E-state index < -0.39 is 0 Å². The van der Waals surface area contributed by atoms with Crippen molar-refractivity contribution in [1.82, 2.24) is 0 Å². The van der Waals surface area contributed by atoms with E-state index in [1.54, 1.807) is 0 Å². The Bertz CT molecular complexity index is 302. The number of hydrogen-bond acceptors (Lipinski definition) is 2. The van der Waals surface area contributed by atoms with Crippen LogP contribution in [-0.4, -0.2) is 20.4 Å². The van der Waals surface area contributed by atoms with Gasteiger partial charge in [0.15, 0.2) is 0 Å². The summed E-state index contributed by atoms with van der Waals surface area (Å²) in [5.74, 6) is 0. The minimum atomic E-state index is 0. The zero-order valence-electron chi connectivity index (χ0n) is 7.76. The molecule has 0 aromatic carbocycles. The Hall–Kier alpha value is -0.261. The first-order chi connectivity index (χ1) is 6.86. The van der Waals surface area contributed by atoms with Crippen LogP contribution in [-0.2, 0) is 17.1 Å². The van der Waals surface area contributed by atoms with Gasteiger partial charge in [-0.25, -0.2) is 0 Å². The number of allylic oxidation sites excluding steroid dienone is 8. The minimum Gasteiger partial charge on any atom is -0.341 e. The van der Waals surface area contributed by atoms with Crippen molar-refractivity contribution in [3.63, 3.8) is 0 Å². The van der Waals surface area contributed by atoms with Gasteiger partial charge in [-0.05, 0) is 24.3 Å². The van der Waals surface area contributed by atoms with Crippen LogP contribution in [0.15, 0.2) is 48.6 Å². The zero-order valence-corrected chi connectivity index (χ0v) is 10.7. The molecule has 0 radical (unpaired) electrons. The maximum atomic E-state index is 8.40. The Kier molecular flexibility index (Phi) is 8.84. The van der Waals surface area contributed by atoms with Gasteiger partial charge in [0.1, 0.15) is 0 Å². The van der Waals surface area contributed by atoms with Gasteiger partial charge >= 0.3 is 17.1 Å². The quantitative estimate of drug-likeness (QED) is 0.528. The Morgan fingerprint density at radius 2 is 0.933 bits per heavy atom. The molecule has 2 aliphatic carbocycles. The molecule has 0 saturated carbocycles. The summed E-state index contributed by atoms with van der Waals surface area (Å²) < 4.78 is 0. The molecule has 15 heavy (non-hydrogen) atoms. The molecule has 0 atom stereocenters. The summed E-state index contributed by atoms with van der Waals surface area (Å²) in [6, 6.07) is 0. The third kappa shape index (κ3) is 6.02. The van der Waals surface area contributed by atoms with E-state index in [0.29, 0.717) is 16.9 Å². The summed E-state index contributed by atoms with van der Waals surface area (Å²) in [6.07, 6.45) is 15.1. The van der Waals surface area contributed by atoms with E-state index in [-0.39, 0.29) is 17.1 Å². The van der Waals surface area contributed by atoms with Gasteiger partial charge < -0.3 is 9.79 Å². The van der Waals surface area contributed by atoms with E-state index in [4.69, 9.17) is 9.79 Å². The summed E-state index contributed by atoms with van der Waals surface area (Å²) in [4.78, 5) is 16.8. The molecule has 0 bridgehead atoms. The monoisotopic (exact) mass is 280 g/mol. The van der Waals surface area contributed by atoms with E-state index in [0.717, 1.165) is 10.6 Å². The third-order valence-corrected chi connectivity index (χ3v) is 2.58. The van der Waals surface area contributed by atoms with E-state index in [9.17, 15) is 0 Å². The Labute approximate surface area is 103 Å². The molecule has 2 nitrogen and oxygen atoms in total. The standard InChI is InChI=1S/2C5H5OP.Fe/c2*6-7-5-3-1-2-4-5;/h2*1-4,6H;/q;;+2. The summed E-state index contributed by atoms with van der Waals surface area (Å²) in [5.41, 5.74) is 0. The molecule has 0 heterocycles. The van der Waals surface area contributed by atoms with Crippen LogP contribution in [0.1, 0.15) is 0 Å². The topological polar surface area (TPSA) is 40.5 Å². The molecule has 0 aromatic heterocycles. The first kappa shape index (κ1) is 14.7. The molecular weight excluding hydrogens is 270 g/mol. The van der Waals surface area contributed by atoms with E-state index in [1.807, 2.05) is 48.6 Å². The van der Waals surface area contributed by atoms with Gasteiger partial charge in [0.25, 0.3) is 0 Å². The van der Waals surface area contributed by atoms with Crippen molar-refractivity contribution in [3.8, 4) is 0 Å². The molecule has 2 rings (SSSR count). The molecule has 2 aliphatic rings. The molecule has 5 heteroatoms. The van der Waals surface area contributed by atoms with Crippen LogP contribution in [0.4, 0.5) is 0 Å². The van der Waals surface area contributed by atoms with E-state index in [2.05, 4.69) is 0 Å². The largest absolute Gasteiger partial charge is 2.00 e. The van der Waals surface area contributed by atoms with Crippen molar-refractivity contribution in [1.29, 1.82) is 0 Å². The van der Waals surface area contributed by atoms with Gasteiger partial charge in [-0.2, -0.15) is 0 Å². The first-order valence-corrected chi connectivity index (χ1v) is 5.70. The predicted octanol–water partition coefficient (Wildman–Crippen LogP) is 2.27. The van der Waals surface area contributed by atoms with Gasteiger partial charge in [0.05, 0.1) is 16.9 Å². The first-order valence-electron chi connectivity index (χ1n) is 4.00. The number of rotatable bonds is 0. The fourth-order valence-electron chi connectivity index (χ4n) is 0.861. The third-order valence-electron chi connectivity index (χ3n) is 1.52.